The number of benzene rings is 3. The standard InChI is InChI=1S/C28H28N2O3/c31-24(20-11-3-1-4-12-20)19-29-26(32)25-22-15-7-8-16-23(22)27(33)30(21-13-5-2-6-14-21)28(25)17-9-10-18-28/h1-8,11-16,24-25,31H,9-10,17-19H2,(H,29,32). The van der Waals surface area contributed by atoms with Crippen LogP contribution in [0.25, 0.3) is 0 Å². The van der Waals surface area contributed by atoms with Crippen LogP contribution in [-0.4, -0.2) is 29.0 Å². The molecule has 2 unspecified atom stereocenters. The highest BCUT2D eigenvalue weighted by molar-refractivity contribution is 6.12. The number of hydrogen-bond acceptors (Lipinski definition) is 3. The van der Waals surface area contributed by atoms with Crippen molar-refractivity contribution < 1.29 is 14.7 Å². The minimum atomic E-state index is -0.791. The van der Waals surface area contributed by atoms with Gasteiger partial charge in [-0.05, 0) is 42.2 Å². The molecule has 33 heavy (non-hydrogen) atoms. The maximum atomic E-state index is 13.8. The normalized spacial score (nSPS) is 19.8. The van der Waals surface area contributed by atoms with Crippen LogP contribution in [0.1, 0.15) is 59.2 Å². The molecule has 1 aliphatic carbocycles. The lowest BCUT2D eigenvalue weighted by molar-refractivity contribution is -0.124. The van der Waals surface area contributed by atoms with E-state index in [2.05, 4.69) is 5.32 Å². The number of aliphatic hydroxyl groups excluding tert-OH is 1. The molecule has 0 bridgehead atoms. The quantitative estimate of drug-likeness (QED) is 0.610. The first-order valence-corrected chi connectivity index (χ1v) is 11.6. The van der Waals surface area contributed by atoms with Gasteiger partial charge in [-0.3, -0.25) is 9.59 Å². The molecule has 2 atom stereocenters. The number of fused-ring (bicyclic) bond motifs is 1. The first-order chi connectivity index (χ1) is 16.1. The number of carbonyl (C=O) groups is 2. The van der Waals surface area contributed by atoms with Gasteiger partial charge in [-0.15, -0.1) is 0 Å². The molecule has 1 heterocycles. The molecule has 0 aromatic heterocycles. The molecule has 1 fully saturated rings. The van der Waals surface area contributed by atoms with E-state index < -0.39 is 17.6 Å². The van der Waals surface area contributed by atoms with Gasteiger partial charge in [-0.2, -0.15) is 0 Å². The Kier molecular flexibility index (Phi) is 5.73. The summed E-state index contributed by atoms with van der Waals surface area (Å²) in [6, 6.07) is 26.5. The van der Waals surface area contributed by atoms with Gasteiger partial charge in [-0.1, -0.05) is 79.6 Å². The smallest absolute Gasteiger partial charge is 0.259 e. The van der Waals surface area contributed by atoms with Crippen molar-refractivity contribution in [3.8, 4) is 0 Å². The first kappa shape index (κ1) is 21.4. The van der Waals surface area contributed by atoms with E-state index in [4.69, 9.17) is 0 Å². The van der Waals surface area contributed by atoms with Gasteiger partial charge in [0, 0.05) is 17.8 Å². The van der Waals surface area contributed by atoms with Crippen LogP contribution in [0.2, 0.25) is 0 Å². The zero-order valence-corrected chi connectivity index (χ0v) is 18.5. The molecule has 2 N–H and O–H groups in total. The summed E-state index contributed by atoms with van der Waals surface area (Å²) in [5, 5.41) is 13.6. The van der Waals surface area contributed by atoms with Gasteiger partial charge in [0.2, 0.25) is 5.91 Å². The van der Waals surface area contributed by atoms with Crippen LogP contribution >= 0.6 is 0 Å². The van der Waals surface area contributed by atoms with E-state index in [0.29, 0.717) is 5.56 Å². The number of nitrogens with zero attached hydrogens (tertiary/aromatic N) is 1. The van der Waals surface area contributed by atoms with Crippen molar-refractivity contribution in [1.82, 2.24) is 5.32 Å². The van der Waals surface area contributed by atoms with Crippen LogP contribution in [-0.2, 0) is 4.79 Å². The van der Waals surface area contributed by atoms with E-state index >= 15 is 0 Å². The third kappa shape index (κ3) is 3.72. The molecule has 5 rings (SSSR count). The van der Waals surface area contributed by atoms with Crippen LogP contribution in [0.4, 0.5) is 5.69 Å². The second kappa shape index (κ2) is 8.83. The van der Waals surface area contributed by atoms with E-state index in [9.17, 15) is 14.7 Å². The highest BCUT2D eigenvalue weighted by atomic mass is 16.3. The van der Waals surface area contributed by atoms with Gasteiger partial charge in [0.15, 0.2) is 0 Å². The molecule has 1 aliphatic heterocycles. The molecule has 1 spiro atoms. The lowest BCUT2D eigenvalue weighted by atomic mass is 9.70. The highest BCUT2D eigenvalue weighted by Crippen LogP contribution is 2.51. The first-order valence-electron chi connectivity index (χ1n) is 11.6. The van der Waals surface area contributed by atoms with Gasteiger partial charge >= 0.3 is 0 Å². The fourth-order valence-corrected chi connectivity index (χ4v) is 5.61. The van der Waals surface area contributed by atoms with Gasteiger partial charge in [0.1, 0.15) is 0 Å². The summed E-state index contributed by atoms with van der Waals surface area (Å²) in [5.41, 5.74) is 2.32. The van der Waals surface area contributed by atoms with Crippen LogP contribution < -0.4 is 10.2 Å². The Morgan fingerprint density at radius 3 is 2.24 bits per heavy atom. The zero-order chi connectivity index (χ0) is 22.8. The average Bonchev–Trinajstić information content (AvgIpc) is 3.33. The summed E-state index contributed by atoms with van der Waals surface area (Å²) in [7, 11) is 0. The fraction of sp³-hybridized carbons (Fsp3) is 0.286. The summed E-state index contributed by atoms with van der Waals surface area (Å²) in [6.45, 7) is 0.122. The lowest BCUT2D eigenvalue weighted by Crippen LogP contribution is -2.61. The predicted octanol–water partition coefficient (Wildman–Crippen LogP) is 4.59. The monoisotopic (exact) mass is 440 g/mol. The van der Waals surface area contributed by atoms with Gasteiger partial charge in [0.25, 0.3) is 5.91 Å². The Morgan fingerprint density at radius 1 is 0.939 bits per heavy atom. The van der Waals surface area contributed by atoms with Crippen LogP contribution in [0.15, 0.2) is 84.9 Å². The van der Waals surface area contributed by atoms with Crippen LogP contribution in [0, 0.1) is 0 Å². The van der Waals surface area contributed by atoms with Crippen molar-refractivity contribution in [3.63, 3.8) is 0 Å². The fourth-order valence-electron chi connectivity index (χ4n) is 5.61. The molecule has 3 aromatic rings. The molecule has 3 aromatic carbocycles. The number of aliphatic hydroxyl groups is 1. The maximum absolute atomic E-state index is 13.8. The van der Waals surface area contributed by atoms with Crippen molar-refractivity contribution in [1.29, 1.82) is 0 Å². The Morgan fingerprint density at radius 2 is 1.55 bits per heavy atom. The third-order valence-corrected chi connectivity index (χ3v) is 7.09. The summed E-state index contributed by atoms with van der Waals surface area (Å²) < 4.78 is 0. The van der Waals surface area contributed by atoms with Gasteiger partial charge in [0.05, 0.1) is 17.6 Å². The maximum Gasteiger partial charge on any atom is 0.259 e. The van der Waals surface area contributed by atoms with Crippen molar-refractivity contribution in [2.75, 3.05) is 11.4 Å². The molecule has 1 saturated carbocycles. The molecule has 0 saturated heterocycles. The number of para-hydroxylation sites is 1. The predicted molar refractivity (Wildman–Crippen MR) is 128 cm³/mol. The Bertz CT molecular complexity index is 1140. The minimum absolute atomic E-state index is 0.0490. The highest BCUT2D eigenvalue weighted by Gasteiger charge is 2.56. The van der Waals surface area contributed by atoms with E-state index in [1.807, 2.05) is 89.8 Å². The molecular formula is C28H28N2O3. The second-order valence-corrected chi connectivity index (χ2v) is 8.98. The zero-order valence-electron chi connectivity index (χ0n) is 18.5. The Labute approximate surface area is 194 Å². The van der Waals surface area contributed by atoms with Crippen molar-refractivity contribution >= 4 is 17.5 Å². The summed E-state index contributed by atoms with van der Waals surface area (Å²) >= 11 is 0. The van der Waals surface area contributed by atoms with Crippen molar-refractivity contribution in [3.05, 3.63) is 102 Å². The van der Waals surface area contributed by atoms with E-state index in [-0.39, 0.29) is 18.4 Å². The average molecular weight is 441 g/mol. The molecule has 5 heteroatoms. The van der Waals surface area contributed by atoms with Crippen LogP contribution in [0.5, 0.6) is 0 Å². The molecule has 168 valence electrons. The third-order valence-electron chi connectivity index (χ3n) is 7.09. The number of carbonyl (C=O) groups excluding carboxylic acids is 2. The van der Waals surface area contributed by atoms with Crippen molar-refractivity contribution in [2.45, 2.75) is 43.2 Å². The number of hydrogen-bond donors (Lipinski definition) is 2. The SMILES string of the molecule is O=C(NCC(O)c1ccccc1)C1c2ccccc2C(=O)N(c2ccccc2)C12CCCC2. The summed E-state index contributed by atoms with van der Waals surface area (Å²) in [6.07, 6.45) is 2.67. The van der Waals surface area contributed by atoms with Crippen LogP contribution in [0.3, 0.4) is 0 Å². The second-order valence-electron chi connectivity index (χ2n) is 8.98. The molecule has 2 aliphatic rings. The van der Waals surface area contributed by atoms with E-state index in [1.54, 1.807) is 0 Å². The molecular weight excluding hydrogens is 412 g/mol. The minimum Gasteiger partial charge on any atom is -0.387 e. The molecule has 0 radical (unpaired) electrons. The summed E-state index contributed by atoms with van der Waals surface area (Å²) in [5.74, 6) is -0.697. The number of amides is 2. The number of anilines is 1. The molecule has 5 nitrogen and oxygen atoms in total. The van der Waals surface area contributed by atoms with E-state index in [0.717, 1.165) is 42.5 Å². The number of nitrogens with one attached hydrogen (secondary N) is 1. The Hall–Kier alpha value is -3.44. The van der Waals surface area contributed by atoms with Gasteiger partial charge < -0.3 is 15.3 Å². The van der Waals surface area contributed by atoms with Crippen molar-refractivity contribution in [2.24, 2.45) is 0 Å². The molecule has 2 amide bonds. The topological polar surface area (TPSA) is 69.6 Å². The largest absolute Gasteiger partial charge is 0.387 e. The van der Waals surface area contributed by atoms with Gasteiger partial charge in [-0.25, -0.2) is 0 Å². The number of rotatable bonds is 5. The van der Waals surface area contributed by atoms with E-state index in [1.165, 1.54) is 0 Å². The lowest BCUT2D eigenvalue weighted by Gasteiger charge is -2.50. The Balaban J connectivity index is 1.53. The summed E-state index contributed by atoms with van der Waals surface area (Å²) in [4.78, 5) is 29.4.